The molecule has 1 heterocycles. The number of carbonyl (C=O) groups is 2. The Morgan fingerprint density at radius 1 is 1.00 bits per heavy atom. The van der Waals surface area contributed by atoms with E-state index >= 15 is 0 Å². The second-order valence-electron chi connectivity index (χ2n) is 7.00. The summed E-state index contributed by atoms with van der Waals surface area (Å²) in [4.78, 5) is 28.4. The molecule has 0 radical (unpaired) electrons. The molecule has 2 rings (SSSR count). The Hall–Kier alpha value is -2.69. The molecule has 1 aromatic carbocycles. The van der Waals surface area contributed by atoms with Gasteiger partial charge < -0.3 is 10.6 Å². The van der Waals surface area contributed by atoms with Crippen molar-refractivity contribution in [1.82, 2.24) is 10.3 Å². The minimum atomic E-state index is -0.291. The molecule has 2 N–H and O–H groups in total. The van der Waals surface area contributed by atoms with Gasteiger partial charge in [-0.2, -0.15) is 0 Å². The van der Waals surface area contributed by atoms with Gasteiger partial charge in [0.2, 0.25) is 0 Å². The Bertz CT molecular complexity index is 746. The number of nitrogens with one attached hydrogen (secondary N) is 2. The third-order valence-corrected chi connectivity index (χ3v) is 3.81. The minimum Gasteiger partial charge on any atom is -0.352 e. The van der Waals surface area contributed by atoms with Crippen molar-refractivity contribution >= 4 is 17.5 Å². The molecule has 1 aromatic heterocycles. The summed E-state index contributed by atoms with van der Waals surface area (Å²) >= 11 is 0. The van der Waals surface area contributed by atoms with Gasteiger partial charge in [0, 0.05) is 24.6 Å². The first-order chi connectivity index (χ1) is 11.8. The molecule has 0 unspecified atom stereocenters. The molecule has 0 saturated carbocycles. The van der Waals surface area contributed by atoms with E-state index < -0.39 is 0 Å². The first-order valence-electron chi connectivity index (χ1n) is 8.46. The van der Waals surface area contributed by atoms with Crippen molar-refractivity contribution in [2.24, 2.45) is 0 Å². The summed E-state index contributed by atoms with van der Waals surface area (Å²) in [5, 5.41) is 5.61. The molecule has 0 spiro atoms. The van der Waals surface area contributed by atoms with Gasteiger partial charge in [-0.3, -0.25) is 14.6 Å². The number of rotatable bonds is 5. The highest BCUT2D eigenvalue weighted by atomic mass is 16.2. The Labute approximate surface area is 148 Å². The molecule has 0 aliphatic heterocycles. The third-order valence-electron chi connectivity index (χ3n) is 3.81. The molecule has 0 aliphatic rings. The lowest BCUT2D eigenvalue weighted by atomic mass is 9.87. The van der Waals surface area contributed by atoms with Crippen molar-refractivity contribution in [3.8, 4) is 0 Å². The summed E-state index contributed by atoms with van der Waals surface area (Å²) in [7, 11) is 0. The molecule has 5 heteroatoms. The summed E-state index contributed by atoms with van der Waals surface area (Å²) in [6.45, 7) is 8.99. The van der Waals surface area contributed by atoms with Crippen LogP contribution in [0.2, 0.25) is 0 Å². The van der Waals surface area contributed by atoms with Crippen molar-refractivity contribution in [1.29, 1.82) is 0 Å². The number of amides is 2. The van der Waals surface area contributed by atoms with Gasteiger partial charge in [-0.25, -0.2) is 0 Å². The van der Waals surface area contributed by atoms with E-state index in [9.17, 15) is 9.59 Å². The van der Waals surface area contributed by atoms with Crippen molar-refractivity contribution in [2.75, 3.05) is 11.9 Å². The van der Waals surface area contributed by atoms with Crippen LogP contribution in [0.1, 0.15) is 60.4 Å². The molecule has 132 valence electrons. The average Bonchev–Trinajstić information content (AvgIpc) is 2.59. The van der Waals surface area contributed by atoms with Crippen LogP contribution in [0.3, 0.4) is 0 Å². The molecule has 5 nitrogen and oxygen atoms in total. The van der Waals surface area contributed by atoms with Gasteiger partial charge in [0.1, 0.15) is 0 Å². The predicted molar refractivity (Wildman–Crippen MR) is 100.0 cm³/mol. The summed E-state index contributed by atoms with van der Waals surface area (Å²) < 4.78 is 0. The van der Waals surface area contributed by atoms with Crippen LogP contribution in [-0.2, 0) is 5.41 Å². The first kappa shape index (κ1) is 18.6. The lowest BCUT2D eigenvalue weighted by Crippen LogP contribution is -2.24. The van der Waals surface area contributed by atoms with Crippen LogP contribution in [0, 0.1) is 0 Å². The minimum absolute atomic E-state index is 0.0621. The maximum atomic E-state index is 12.4. The Morgan fingerprint density at radius 3 is 2.16 bits per heavy atom. The smallest absolute Gasteiger partial charge is 0.257 e. The fraction of sp³-hybridized carbons (Fsp3) is 0.350. The monoisotopic (exact) mass is 339 g/mol. The van der Waals surface area contributed by atoms with E-state index in [4.69, 9.17) is 0 Å². The highest BCUT2D eigenvalue weighted by Gasteiger charge is 2.14. The molecule has 25 heavy (non-hydrogen) atoms. The maximum Gasteiger partial charge on any atom is 0.257 e. The Kier molecular flexibility index (Phi) is 5.91. The molecule has 0 atom stereocenters. The van der Waals surface area contributed by atoms with E-state index in [2.05, 4.69) is 36.4 Å². The van der Waals surface area contributed by atoms with Crippen LogP contribution < -0.4 is 10.6 Å². The van der Waals surface area contributed by atoms with Crippen LogP contribution in [0.5, 0.6) is 0 Å². The topological polar surface area (TPSA) is 71.1 Å². The molecular formula is C20H25N3O2. The molecule has 0 saturated heterocycles. The SMILES string of the molecule is CCCNC(=O)c1cncc(C(=O)Nc2ccc(C(C)(C)C)cc2)c1. The van der Waals surface area contributed by atoms with E-state index in [1.54, 1.807) is 6.07 Å². The van der Waals surface area contributed by atoms with Gasteiger partial charge in [-0.1, -0.05) is 39.8 Å². The fourth-order valence-corrected chi connectivity index (χ4v) is 2.29. The van der Waals surface area contributed by atoms with Gasteiger partial charge in [-0.05, 0) is 35.6 Å². The number of carbonyl (C=O) groups excluding carboxylic acids is 2. The number of benzene rings is 1. The molecular weight excluding hydrogens is 314 g/mol. The predicted octanol–water partition coefficient (Wildman–Crippen LogP) is 3.77. The second-order valence-corrected chi connectivity index (χ2v) is 7.00. The molecule has 0 fully saturated rings. The number of pyridine rings is 1. The lowest BCUT2D eigenvalue weighted by molar-refractivity contribution is 0.0953. The quantitative estimate of drug-likeness (QED) is 0.871. The highest BCUT2D eigenvalue weighted by Crippen LogP contribution is 2.23. The Balaban J connectivity index is 2.09. The van der Waals surface area contributed by atoms with Crippen molar-refractivity contribution in [3.63, 3.8) is 0 Å². The highest BCUT2D eigenvalue weighted by molar-refractivity contribution is 6.05. The van der Waals surface area contributed by atoms with E-state index in [0.717, 1.165) is 6.42 Å². The van der Waals surface area contributed by atoms with E-state index in [1.807, 2.05) is 31.2 Å². The van der Waals surface area contributed by atoms with Crippen LogP contribution in [-0.4, -0.2) is 23.3 Å². The lowest BCUT2D eigenvalue weighted by Gasteiger charge is -2.19. The molecule has 0 bridgehead atoms. The Morgan fingerprint density at radius 2 is 1.60 bits per heavy atom. The van der Waals surface area contributed by atoms with Gasteiger partial charge in [-0.15, -0.1) is 0 Å². The third kappa shape index (κ3) is 5.14. The second kappa shape index (κ2) is 7.92. The van der Waals surface area contributed by atoms with Crippen LogP contribution in [0.25, 0.3) is 0 Å². The van der Waals surface area contributed by atoms with Crippen molar-refractivity contribution < 1.29 is 9.59 Å². The van der Waals surface area contributed by atoms with Crippen LogP contribution in [0.4, 0.5) is 5.69 Å². The van der Waals surface area contributed by atoms with Crippen molar-refractivity contribution in [2.45, 2.75) is 39.5 Å². The average molecular weight is 339 g/mol. The van der Waals surface area contributed by atoms with Crippen molar-refractivity contribution in [3.05, 3.63) is 59.4 Å². The van der Waals surface area contributed by atoms with Gasteiger partial charge >= 0.3 is 0 Å². The van der Waals surface area contributed by atoms with Gasteiger partial charge in [0.15, 0.2) is 0 Å². The van der Waals surface area contributed by atoms with E-state index in [1.165, 1.54) is 18.0 Å². The molecule has 2 aromatic rings. The fourth-order valence-electron chi connectivity index (χ4n) is 2.29. The summed E-state index contributed by atoms with van der Waals surface area (Å²) in [5.41, 5.74) is 2.70. The first-order valence-corrected chi connectivity index (χ1v) is 8.46. The van der Waals surface area contributed by atoms with E-state index in [-0.39, 0.29) is 17.2 Å². The summed E-state index contributed by atoms with van der Waals surface area (Å²) in [5.74, 6) is -0.514. The number of hydrogen-bond donors (Lipinski definition) is 2. The zero-order chi connectivity index (χ0) is 18.4. The maximum absolute atomic E-state index is 12.4. The van der Waals surface area contributed by atoms with E-state index in [0.29, 0.717) is 23.4 Å². The summed E-state index contributed by atoms with van der Waals surface area (Å²) in [6.07, 6.45) is 3.76. The van der Waals surface area contributed by atoms with Crippen LogP contribution in [0.15, 0.2) is 42.7 Å². The molecule has 2 amide bonds. The zero-order valence-corrected chi connectivity index (χ0v) is 15.2. The number of anilines is 1. The standard InChI is InChI=1S/C20H25N3O2/c1-5-10-22-18(24)14-11-15(13-21-12-14)19(25)23-17-8-6-16(7-9-17)20(2,3)4/h6-9,11-13H,5,10H2,1-4H3,(H,22,24)(H,23,25). The largest absolute Gasteiger partial charge is 0.352 e. The number of hydrogen-bond acceptors (Lipinski definition) is 3. The van der Waals surface area contributed by atoms with Gasteiger partial charge in [0.25, 0.3) is 11.8 Å². The normalized spacial score (nSPS) is 11.0. The van der Waals surface area contributed by atoms with Gasteiger partial charge in [0.05, 0.1) is 11.1 Å². The summed E-state index contributed by atoms with van der Waals surface area (Å²) in [6, 6.07) is 9.31. The number of nitrogens with zero attached hydrogens (tertiary/aromatic N) is 1. The zero-order valence-electron chi connectivity index (χ0n) is 15.2. The number of aromatic nitrogens is 1. The molecule has 0 aliphatic carbocycles. The van der Waals surface area contributed by atoms with Crippen LogP contribution >= 0.6 is 0 Å².